The lowest BCUT2D eigenvalue weighted by Crippen LogP contribution is -2.15. The molecule has 88 valence electrons. The van der Waals surface area contributed by atoms with Crippen LogP contribution in [0.5, 0.6) is 0 Å². The number of anilines is 2. The molecule has 6 heteroatoms. The minimum Gasteiger partial charge on any atom is -0.368 e. The van der Waals surface area contributed by atoms with E-state index in [1.807, 2.05) is 19.0 Å². The average molecular weight is 239 g/mol. The number of nitrogen functional groups attached to an aromatic ring is 1. The highest BCUT2D eigenvalue weighted by Crippen LogP contribution is 2.33. The molecule has 16 heavy (non-hydrogen) atoms. The SMILES string of the molecule is CN(C)c1nc(N)nc(SC2CCCC2)n1. The van der Waals surface area contributed by atoms with Crippen molar-refractivity contribution < 1.29 is 0 Å². The molecule has 0 aliphatic heterocycles. The van der Waals surface area contributed by atoms with Crippen molar-refractivity contribution in [3.05, 3.63) is 0 Å². The van der Waals surface area contributed by atoms with Crippen LogP contribution in [-0.2, 0) is 0 Å². The van der Waals surface area contributed by atoms with Crippen LogP contribution in [0.2, 0.25) is 0 Å². The first-order valence-electron chi connectivity index (χ1n) is 5.50. The summed E-state index contributed by atoms with van der Waals surface area (Å²) in [5, 5.41) is 1.40. The number of aromatic nitrogens is 3. The van der Waals surface area contributed by atoms with Crippen LogP contribution in [0.3, 0.4) is 0 Å². The van der Waals surface area contributed by atoms with Crippen molar-refractivity contribution in [3.8, 4) is 0 Å². The zero-order valence-electron chi connectivity index (χ0n) is 9.68. The first-order valence-corrected chi connectivity index (χ1v) is 6.38. The van der Waals surface area contributed by atoms with E-state index in [2.05, 4.69) is 15.0 Å². The molecule has 1 saturated carbocycles. The van der Waals surface area contributed by atoms with Crippen molar-refractivity contribution in [3.63, 3.8) is 0 Å². The van der Waals surface area contributed by atoms with Gasteiger partial charge in [0.2, 0.25) is 11.9 Å². The predicted octanol–water partition coefficient (Wildman–Crippen LogP) is 1.55. The molecule has 0 spiro atoms. The van der Waals surface area contributed by atoms with Crippen LogP contribution in [0, 0.1) is 0 Å². The van der Waals surface area contributed by atoms with Gasteiger partial charge in [-0.15, -0.1) is 0 Å². The third-order valence-corrected chi connectivity index (χ3v) is 3.79. The Morgan fingerprint density at radius 3 is 2.50 bits per heavy atom. The summed E-state index contributed by atoms with van der Waals surface area (Å²) in [5.74, 6) is 0.937. The normalized spacial score (nSPS) is 16.6. The zero-order chi connectivity index (χ0) is 11.5. The predicted molar refractivity (Wildman–Crippen MR) is 66.7 cm³/mol. The summed E-state index contributed by atoms with van der Waals surface area (Å²) < 4.78 is 0. The quantitative estimate of drug-likeness (QED) is 0.863. The largest absolute Gasteiger partial charge is 0.368 e. The molecule has 5 nitrogen and oxygen atoms in total. The summed E-state index contributed by atoms with van der Waals surface area (Å²) in [4.78, 5) is 14.5. The van der Waals surface area contributed by atoms with Gasteiger partial charge in [-0.2, -0.15) is 15.0 Å². The molecule has 0 saturated heterocycles. The van der Waals surface area contributed by atoms with Gasteiger partial charge in [-0.3, -0.25) is 0 Å². The summed E-state index contributed by atoms with van der Waals surface area (Å²) >= 11 is 1.73. The van der Waals surface area contributed by atoms with Crippen LogP contribution >= 0.6 is 11.8 Å². The lowest BCUT2D eigenvalue weighted by Gasteiger charge is -2.12. The van der Waals surface area contributed by atoms with E-state index >= 15 is 0 Å². The third-order valence-electron chi connectivity index (χ3n) is 2.59. The molecule has 1 aromatic heterocycles. The number of nitrogens with two attached hydrogens (primary N) is 1. The fourth-order valence-electron chi connectivity index (χ4n) is 1.77. The fraction of sp³-hybridized carbons (Fsp3) is 0.700. The van der Waals surface area contributed by atoms with Gasteiger partial charge in [0.1, 0.15) is 0 Å². The van der Waals surface area contributed by atoms with E-state index in [1.54, 1.807) is 11.8 Å². The van der Waals surface area contributed by atoms with Gasteiger partial charge in [-0.05, 0) is 12.8 Å². The maximum atomic E-state index is 5.67. The Bertz CT molecular complexity index is 362. The van der Waals surface area contributed by atoms with Crippen molar-refractivity contribution in [2.24, 2.45) is 0 Å². The summed E-state index contributed by atoms with van der Waals surface area (Å²) in [6, 6.07) is 0. The van der Waals surface area contributed by atoms with Gasteiger partial charge < -0.3 is 10.6 Å². The Kier molecular flexibility index (Phi) is 3.48. The topological polar surface area (TPSA) is 67.9 Å². The highest BCUT2D eigenvalue weighted by Gasteiger charge is 2.18. The number of hydrogen-bond donors (Lipinski definition) is 1. The second-order valence-electron chi connectivity index (χ2n) is 4.19. The van der Waals surface area contributed by atoms with Gasteiger partial charge in [-0.25, -0.2) is 0 Å². The van der Waals surface area contributed by atoms with Crippen LogP contribution in [0.1, 0.15) is 25.7 Å². The minimum atomic E-state index is 0.305. The van der Waals surface area contributed by atoms with E-state index in [0.29, 0.717) is 17.1 Å². The number of nitrogens with zero attached hydrogens (tertiary/aromatic N) is 4. The number of hydrogen-bond acceptors (Lipinski definition) is 6. The Balaban J connectivity index is 2.13. The Morgan fingerprint density at radius 1 is 1.19 bits per heavy atom. The van der Waals surface area contributed by atoms with E-state index in [9.17, 15) is 0 Å². The minimum absolute atomic E-state index is 0.305. The number of rotatable bonds is 3. The highest BCUT2D eigenvalue weighted by molar-refractivity contribution is 7.99. The Labute approximate surface area is 99.9 Å². The second-order valence-corrected chi connectivity index (χ2v) is 5.46. The summed E-state index contributed by atoms with van der Waals surface area (Å²) in [6.45, 7) is 0. The Hall–Kier alpha value is -1.04. The van der Waals surface area contributed by atoms with Crippen molar-refractivity contribution >= 4 is 23.7 Å². The van der Waals surface area contributed by atoms with Gasteiger partial charge in [0.15, 0.2) is 5.16 Å². The summed E-state index contributed by atoms with van der Waals surface area (Å²) in [5.41, 5.74) is 5.67. The molecule has 0 atom stereocenters. The summed E-state index contributed by atoms with van der Waals surface area (Å²) in [6.07, 6.45) is 5.15. The summed E-state index contributed by atoms with van der Waals surface area (Å²) in [7, 11) is 3.80. The number of thioether (sulfide) groups is 1. The van der Waals surface area contributed by atoms with Crippen molar-refractivity contribution in [2.45, 2.75) is 36.1 Å². The van der Waals surface area contributed by atoms with Gasteiger partial charge >= 0.3 is 0 Å². The maximum Gasteiger partial charge on any atom is 0.230 e. The molecule has 1 aliphatic rings. The van der Waals surface area contributed by atoms with Crippen molar-refractivity contribution in [1.29, 1.82) is 0 Å². The van der Waals surface area contributed by atoms with Gasteiger partial charge in [0.25, 0.3) is 0 Å². The van der Waals surface area contributed by atoms with Crippen LogP contribution in [0.4, 0.5) is 11.9 Å². The molecule has 1 aliphatic carbocycles. The first-order chi connectivity index (χ1) is 7.65. The molecule has 1 fully saturated rings. The molecule has 0 radical (unpaired) electrons. The highest BCUT2D eigenvalue weighted by atomic mass is 32.2. The standard InChI is InChI=1S/C10H17N5S/c1-15(2)9-12-8(11)13-10(14-9)16-7-5-3-4-6-7/h7H,3-6H2,1-2H3,(H2,11,12,13,14). The van der Waals surface area contributed by atoms with Gasteiger partial charge in [0, 0.05) is 19.3 Å². The van der Waals surface area contributed by atoms with E-state index in [0.717, 1.165) is 5.16 Å². The molecule has 2 rings (SSSR count). The van der Waals surface area contributed by atoms with E-state index in [4.69, 9.17) is 5.73 Å². The molecule has 1 heterocycles. The average Bonchev–Trinajstić information content (AvgIpc) is 2.69. The molecular formula is C10H17N5S. The van der Waals surface area contributed by atoms with E-state index in [-0.39, 0.29) is 0 Å². The van der Waals surface area contributed by atoms with Gasteiger partial charge in [0.05, 0.1) is 0 Å². The van der Waals surface area contributed by atoms with Crippen LogP contribution in [0.25, 0.3) is 0 Å². The molecule has 0 amide bonds. The Morgan fingerprint density at radius 2 is 1.88 bits per heavy atom. The lowest BCUT2D eigenvalue weighted by molar-refractivity contribution is 0.853. The molecule has 0 aromatic carbocycles. The maximum absolute atomic E-state index is 5.67. The van der Waals surface area contributed by atoms with Crippen molar-refractivity contribution in [2.75, 3.05) is 24.7 Å². The fourth-order valence-corrected chi connectivity index (χ4v) is 2.92. The molecule has 1 aromatic rings. The molecule has 0 unspecified atom stereocenters. The van der Waals surface area contributed by atoms with Gasteiger partial charge in [-0.1, -0.05) is 24.6 Å². The van der Waals surface area contributed by atoms with Crippen LogP contribution in [-0.4, -0.2) is 34.3 Å². The first kappa shape index (κ1) is 11.4. The van der Waals surface area contributed by atoms with Crippen LogP contribution in [0.15, 0.2) is 5.16 Å². The molecule has 2 N–H and O–H groups in total. The third kappa shape index (κ3) is 2.75. The smallest absolute Gasteiger partial charge is 0.230 e. The monoisotopic (exact) mass is 239 g/mol. The molecule has 0 bridgehead atoms. The van der Waals surface area contributed by atoms with E-state index < -0.39 is 0 Å². The van der Waals surface area contributed by atoms with E-state index in [1.165, 1.54) is 25.7 Å². The van der Waals surface area contributed by atoms with Crippen LogP contribution < -0.4 is 10.6 Å². The second kappa shape index (κ2) is 4.86. The van der Waals surface area contributed by atoms with Crippen molar-refractivity contribution in [1.82, 2.24) is 15.0 Å². The zero-order valence-corrected chi connectivity index (χ0v) is 10.5. The molecular weight excluding hydrogens is 222 g/mol. The lowest BCUT2D eigenvalue weighted by atomic mass is 10.4.